The lowest BCUT2D eigenvalue weighted by atomic mass is 9.83. The third kappa shape index (κ3) is 2.44. The summed E-state index contributed by atoms with van der Waals surface area (Å²) < 4.78 is 0. The average molecular weight is 270 g/mol. The highest BCUT2D eigenvalue weighted by atomic mass is 16.2. The number of likely N-dealkylation sites (tertiary alicyclic amines) is 1. The number of amides is 2. The van der Waals surface area contributed by atoms with Crippen molar-refractivity contribution in [1.29, 1.82) is 5.26 Å². The Kier molecular flexibility index (Phi) is 3.63. The van der Waals surface area contributed by atoms with Gasteiger partial charge in [0.05, 0.1) is 18.0 Å². The summed E-state index contributed by atoms with van der Waals surface area (Å²) in [7, 11) is 0. The van der Waals surface area contributed by atoms with Gasteiger partial charge in [0.1, 0.15) is 0 Å². The number of imide groups is 1. The lowest BCUT2D eigenvalue weighted by Gasteiger charge is -2.23. The highest BCUT2D eigenvalue weighted by molar-refractivity contribution is 6.03. The summed E-state index contributed by atoms with van der Waals surface area (Å²) in [5.74, 6) is -0.495. The molecule has 1 aromatic rings. The van der Waals surface area contributed by atoms with Crippen LogP contribution in [0, 0.1) is 17.2 Å². The molecule has 1 fully saturated rings. The standard InChI is InChI=1S/C16H18N2O2/c1-11-8-14(19)18(15(11)20)9-12-6-4-5-7-13(12)16(2,3)10-17/h4-7,11H,8-9H2,1-3H3/t11-/m0/s1. The van der Waals surface area contributed by atoms with E-state index < -0.39 is 5.41 Å². The van der Waals surface area contributed by atoms with Crippen molar-refractivity contribution in [3.63, 3.8) is 0 Å². The molecule has 0 saturated carbocycles. The molecule has 20 heavy (non-hydrogen) atoms. The Balaban J connectivity index is 2.34. The van der Waals surface area contributed by atoms with Crippen LogP contribution in [0.4, 0.5) is 0 Å². The van der Waals surface area contributed by atoms with Gasteiger partial charge in [0, 0.05) is 12.3 Å². The monoisotopic (exact) mass is 270 g/mol. The van der Waals surface area contributed by atoms with E-state index in [0.717, 1.165) is 11.1 Å². The Morgan fingerprint density at radius 1 is 1.35 bits per heavy atom. The van der Waals surface area contributed by atoms with Crippen molar-refractivity contribution in [3.8, 4) is 6.07 Å². The molecule has 1 saturated heterocycles. The maximum atomic E-state index is 12.0. The Hall–Kier alpha value is -2.15. The minimum atomic E-state index is -0.645. The molecule has 0 aliphatic carbocycles. The lowest BCUT2D eigenvalue weighted by molar-refractivity contribution is -0.139. The average Bonchev–Trinajstić information content (AvgIpc) is 2.66. The minimum absolute atomic E-state index is 0.125. The van der Waals surface area contributed by atoms with Gasteiger partial charge in [-0.2, -0.15) is 5.26 Å². The molecule has 4 nitrogen and oxygen atoms in total. The largest absolute Gasteiger partial charge is 0.278 e. The summed E-state index contributed by atoms with van der Waals surface area (Å²) >= 11 is 0. The number of carbonyl (C=O) groups is 2. The number of nitriles is 1. The van der Waals surface area contributed by atoms with E-state index >= 15 is 0 Å². The quantitative estimate of drug-likeness (QED) is 0.792. The van der Waals surface area contributed by atoms with E-state index in [-0.39, 0.29) is 30.7 Å². The summed E-state index contributed by atoms with van der Waals surface area (Å²) in [6.45, 7) is 5.69. The molecule has 1 atom stereocenters. The van der Waals surface area contributed by atoms with Crippen LogP contribution in [0.25, 0.3) is 0 Å². The molecule has 2 rings (SSSR count). The number of hydrogen-bond acceptors (Lipinski definition) is 3. The molecule has 104 valence electrons. The molecule has 0 N–H and O–H groups in total. The van der Waals surface area contributed by atoms with Gasteiger partial charge in [0.2, 0.25) is 11.8 Å². The third-order valence-corrected chi connectivity index (χ3v) is 3.77. The Morgan fingerprint density at radius 2 is 2.00 bits per heavy atom. The van der Waals surface area contributed by atoms with Crippen molar-refractivity contribution in [2.75, 3.05) is 0 Å². The molecule has 1 aromatic carbocycles. The predicted molar refractivity (Wildman–Crippen MR) is 74.4 cm³/mol. The first-order chi connectivity index (χ1) is 9.36. The SMILES string of the molecule is C[C@H]1CC(=O)N(Cc2ccccc2C(C)(C)C#N)C1=O. The van der Waals surface area contributed by atoms with Crippen molar-refractivity contribution in [2.45, 2.75) is 39.2 Å². The van der Waals surface area contributed by atoms with Gasteiger partial charge in [0.15, 0.2) is 0 Å². The molecule has 0 radical (unpaired) electrons. The molecule has 0 spiro atoms. The van der Waals surface area contributed by atoms with Crippen molar-refractivity contribution < 1.29 is 9.59 Å². The van der Waals surface area contributed by atoms with Crippen LogP contribution < -0.4 is 0 Å². The van der Waals surface area contributed by atoms with Crippen LogP contribution >= 0.6 is 0 Å². The second kappa shape index (κ2) is 5.09. The zero-order valence-corrected chi connectivity index (χ0v) is 12.0. The number of carbonyl (C=O) groups excluding carboxylic acids is 2. The third-order valence-electron chi connectivity index (χ3n) is 3.77. The highest BCUT2D eigenvalue weighted by Crippen LogP contribution is 2.28. The Labute approximate surface area is 119 Å². The summed E-state index contributed by atoms with van der Waals surface area (Å²) in [5.41, 5.74) is 1.08. The highest BCUT2D eigenvalue weighted by Gasteiger charge is 2.36. The predicted octanol–water partition coefficient (Wildman–Crippen LogP) is 2.38. The van der Waals surface area contributed by atoms with E-state index in [2.05, 4.69) is 6.07 Å². The molecule has 1 aliphatic rings. The molecule has 0 aromatic heterocycles. The second-order valence-electron chi connectivity index (χ2n) is 5.82. The first-order valence-electron chi connectivity index (χ1n) is 6.70. The fourth-order valence-electron chi connectivity index (χ4n) is 2.51. The molecule has 1 heterocycles. The van der Waals surface area contributed by atoms with Crippen molar-refractivity contribution >= 4 is 11.8 Å². The van der Waals surface area contributed by atoms with Crippen LogP contribution in [-0.2, 0) is 21.5 Å². The van der Waals surface area contributed by atoms with Crippen LogP contribution in [0.1, 0.15) is 38.3 Å². The first-order valence-corrected chi connectivity index (χ1v) is 6.70. The summed E-state index contributed by atoms with van der Waals surface area (Å²) in [6, 6.07) is 9.75. The van der Waals surface area contributed by atoms with Crippen molar-refractivity contribution in [3.05, 3.63) is 35.4 Å². The van der Waals surface area contributed by atoms with E-state index in [1.165, 1.54) is 4.90 Å². The van der Waals surface area contributed by atoms with Gasteiger partial charge in [-0.05, 0) is 25.0 Å². The number of nitrogens with zero attached hydrogens (tertiary/aromatic N) is 2. The first kappa shape index (κ1) is 14.3. The van der Waals surface area contributed by atoms with Crippen LogP contribution in [0.2, 0.25) is 0 Å². The lowest BCUT2D eigenvalue weighted by Crippen LogP contribution is -2.31. The topological polar surface area (TPSA) is 61.2 Å². The van der Waals surface area contributed by atoms with Crippen molar-refractivity contribution in [1.82, 2.24) is 4.90 Å². The molecule has 0 bridgehead atoms. The molecule has 0 unspecified atom stereocenters. The second-order valence-corrected chi connectivity index (χ2v) is 5.82. The normalized spacial score (nSPS) is 19.3. The maximum Gasteiger partial charge on any atom is 0.232 e. The van der Waals surface area contributed by atoms with Gasteiger partial charge < -0.3 is 0 Å². The van der Waals surface area contributed by atoms with Crippen LogP contribution in [0.3, 0.4) is 0 Å². The van der Waals surface area contributed by atoms with E-state index in [4.69, 9.17) is 0 Å². The molecular weight excluding hydrogens is 252 g/mol. The minimum Gasteiger partial charge on any atom is -0.278 e. The fraction of sp³-hybridized carbons (Fsp3) is 0.438. The Bertz CT molecular complexity index is 599. The van der Waals surface area contributed by atoms with Gasteiger partial charge in [0.25, 0.3) is 0 Å². The zero-order valence-electron chi connectivity index (χ0n) is 12.0. The van der Waals surface area contributed by atoms with Gasteiger partial charge >= 0.3 is 0 Å². The zero-order chi connectivity index (χ0) is 14.9. The summed E-state index contributed by atoms with van der Waals surface area (Å²) in [6.07, 6.45) is 0.280. The molecule has 1 aliphatic heterocycles. The number of hydrogen-bond donors (Lipinski definition) is 0. The van der Waals surface area contributed by atoms with E-state index in [1.807, 2.05) is 38.1 Å². The fourth-order valence-corrected chi connectivity index (χ4v) is 2.51. The maximum absolute atomic E-state index is 12.0. The summed E-state index contributed by atoms with van der Waals surface area (Å²) in [4.78, 5) is 25.2. The van der Waals surface area contributed by atoms with Gasteiger partial charge in [-0.3, -0.25) is 14.5 Å². The molecular formula is C16H18N2O2. The van der Waals surface area contributed by atoms with Crippen LogP contribution in [0.15, 0.2) is 24.3 Å². The van der Waals surface area contributed by atoms with Crippen molar-refractivity contribution in [2.24, 2.45) is 5.92 Å². The van der Waals surface area contributed by atoms with Gasteiger partial charge in [-0.15, -0.1) is 0 Å². The Morgan fingerprint density at radius 3 is 2.55 bits per heavy atom. The van der Waals surface area contributed by atoms with E-state index in [0.29, 0.717) is 0 Å². The smallest absolute Gasteiger partial charge is 0.232 e. The molecule has 4 heteroatoms. The molecule has 2 amide bonds. The van der Waals surface area contributed by atoms with E-state index in [1.54, 1.807) is 6.92 Å². The summed E-state index contributed by atoms with van der Waals surface area (Å²) in [5, 5.41) is 9.28. The van der Waals surface area contributed by atoms with Gasteiger partial charge in [-0.1, -0.05) is 31.2 Å². The van der Waals surface area contributed by atoms with E-state index in [9.17, 15) is 14.9 Å². The van der Waals surface area contributed by atoms with Crippen LogP contribution in [-0.4, -0.2) is 16.7 Å². The van der Waals surface area contributed by atoms with Gasteiger partial charge in [-0.25, -0.2) is 0 Å². The number of benzene rings is 1. The van der Waals surface area contributed by atoms with Crippen LogP contribution in [0.5, 0.6) is 0 Å². The number of rotatable bonds is 3.